The van der Waals surface area contributed by atoms with E-state index >= 15 is 0 Å². The van der Waals surface area contributed by atoms with Gasteiger partial charge in [0.15, 0.2) is 19.0 Å². The number of carbonyl (C=O) groups excluding carboxylic acids is 3. The van der Waals surface area contributed by atoms with Crippen molar-refractivity contribution in [1.82, 2.24) is 0 Å². The first kappa shape index (κ1) is 21.2. The van der Waals surface area contributed by atoms with E-state index in [-0.39, 0.29) is 19.0 Å². The number of benzene rings is 2. The lowest BCUT2D eigenvalue weighted by molar-refractivity contribution is -0.149. The third-order valence-electron chi connectivity index (χ3n) is 4.16. The molecule has 148 valence electrons. The van der Waals surface area contributed by atoms with Crippen molar-refractivity contribution in [3.05, 3.63) is 58.7 Å². The van der Waals surface area contributed by atoms with E-state index in [9.17, 15) is 14.4 Å². The van der Waals surface area contributed by atoms with Crippen LogP contribution in [0.1, 0.15) is 40.4 Å². The largest absolute Gasteiger partial charge is 0.482 e. The predicted molar refractivity (Wildman–Crippen MR) is 107 cm³/mol. The van der Waals surface area contributed by atoms with E-state index in [2.05, 4.69) is 5.32 Å². The minimum absolute atomic E-state index is 0.0380. The number of hydrogen-bond donors (Lipinski definition) is 1. The van der Waals surface area contributed by atoms with Gasteiger partial charge in [-0.15, -0.1) is 0 Å². The summed E-state index contributed by atoms with van der Waals surface area (Å²) in [6.07, 6.45) is 0.427. The maximum atomic E-state index is 12.0. The number of rotatable bonds is 8. The van der Waals surface area contributed by atoms with Crippen molar-refractivity contribution < 1.29 is 23.9 Å². The summed E-state index contributed by atoms with van der Waals surface area (Å²) in [7, 11) is 0. The van der Waals surface area contributed by atoms with Gasteiger partial charge in [0.1, 0.15) is 5.75 Å². The van der Waals surface area contributed by atoms with Crippen LogP contribution in [0.15, 0.2) is 36.4 Å². The van der Waals surface area contributed by atoms with Crippen molar-refractivity contribution in [3.8, 4) is 5.75 Å². The molecule has 6 heteroatoms. The molecule has 2 aromatic rings. The second-order valence-electron chi connectivity index (χ2n) is 6.57. The standard InChI is InChI=1S/C22H25NO5/c1-5-19(24)17-6-8-18(9-7-17)27-13-21(26)28-12-20(25)23-22-15(3)10-14(2)11-16(22)4/h6-11H,5,12-13H2,1-4H3,(H,23,25). The summed E-state index contributed by atoms with van der Waals surface area (Å²) in [6, 6.07) is 10.5. The monoisotopic (exact) mass is 383 g/mol. The Morgan fingerprint density at radius 2 is 1.54 bits per heavy atom. The molecule has 0 aliphatic carbocycles. The van der Waals surface area contributed by atoms with Crippen LogP contribution in [0.5, 0.6) is 5.75 Å². The third-order valence-corrected chi connectivity index (χ3v) is 4.16. The van der Waals surface area contributed by atoms with Crippen molar-refractivity contribution in [1.29, 1.82) is 0 Å². The average Bonchev–Trinajstić information content (AvgIpc) is 2.67. The lowest BCUT2D eigenvalue weighted by atomic mass is 10.1. The summed E-state index contributed by atoms with van der Waals surface area (Å²) < 4.78 is 10.3. The first-order valence-electron chi connectivity index (χ1n) is 9.09. The summed E-state index contributed by atoms with van der Waals surface area (Å²) in [5.74, 6) is -0.581. The van der Waals surface area contributed by atoms with Crippen LogP contribution in [0, 0.1) is 20.8 Å². The maximum absolute atomic E-state index is 12.0. The molecule has 2 rings (SSSR count). The first-order valence-corrected chi connectivity index (χ1v) is 9.09. The Bertz CT molecular complexity index is 848. The summed E-state index contributed by atoms with van der Waals surface area (Å²) in [5, 5.41) is 2.77. The van der Waals surface area contributed by atoms with E-state index in [0.717, 1.165) is 22.4 Å². The second kappa shape index (κ2) is 9.69. The number of hydrogen-bond acceptors (Lipinski definition) is 5. The number of amides is 1. The van der Waals surface area contributed by atoms with E-state index < -0.39 is 11.9 Å². The van der Waals surface area contributed by atoms with Crippen molar-refractivity contribution in [2.75, 3.05) is 18.5 Å². The molecule has 0 fully saturated rings. The summed E-state index contributed by atoms with van der Waals surface area (Å²) >= 11 is 0. The van der Waals surface area contributed by atoms with Gasteiger partial charge in [0.2, 0.25) is 0 Å². The molecule has 0 saturated carbocycles. The highest BCUT2D eigenvalue weighted by molar-refractivity contribution is 5.96. The Kier molecular flexibility index (Phi) is 7.32. The highest BCUT2D eigenvalue weighted by Crippen LogP contribution is 2.21. The van der Waals surface area contributed by atoms with Crippen LogP contribution in [0.25, 0.3) is 0 Å². The minimum Gasteiger partial charge on any atom is -0.482 e. The van der Waals surface area contributed by atoms with Gasteiger partial charge in [0, 0.05) is 17.7 Å². The van der Waals surface area contributed by atoms with Gasteiger partial charge in [-0.3, -0.25) is 9.59 Å². The molecule has 0 unspecified atom stereocenters. The number of anilines is 1. The van der Waals surface area contributed by atoms with E-state index in [1.165, 1.54) is 0 Å². The van der Waals surface area contributed by atoms with Crippen LogP contribution in [0.2, 0.25) is 0 Å². The number of aryl methyl sites for hydroxylation is 3. The quantitative estimate of drug-likeness (QED) is 0.554. The van der Waals surface area contributed by atoms with Crippen LogP contribution in [-0.2, 0) is 14.3 Å². The average molecular weight is 383 g/mol. The number of carbonyl (C=O) groups is 3. The van der Waals surface area contributed by atoms with E-state index in [0.29, 0.717) is 17.7 Å². The van der Waals surface area contributed by atoms with Crippen LogP contribution in [-0.4, -0.2) is 30.9 Å². The van der Waals surface area contributed by atoms with Gasteiger partial charge in [-0.05, 0) is 56.2 Å². The summed E-state index contributed by atoms with van der Waals surface area (Å²) in [6.45, 7) is 6.89. The molecule has 0 atom stereocenters. The lowest BCUT2D eigenvalue weighted by Gasteiger charge is -2.13. The first-order chi connectivity index (χ1) is 13.3. The third kappa shape index (κ3) is 5.94. The molecular weight excluding hydrogens is 358 g/mol. The van der Waals surface area contributed by atoms with E-state index in [1.807, 2.05) is 32.9 Å². The Hall–Kier alpha value is -3.15. The highest BCUT2D eigenvalue weighted by Gasteiger charge is 2.12. The molecule has 0 aromatic heterocycles. The van der Waals surface area contributed by atoms with Gasteiger partial charge in [-0.2, -0.15) is 0 Å². The summed E-state index contributed by atoms with van der Waals surface area (Å²) in [4.78, 5) is 35.4. The molecule has 0 bridgehead atoms. The molecule has 0 saturated heterocycles. The lowest BCUT2D eigenvalue weighted by Crippen LogP contribution is -2.24. The highest BCUT2D eigenvalue weighted by atomic mass is 16.6. The van der Waals surface area contributed by atoms with Gasteiger partial charge in [0.25, 0.3) is 5.91 Å². The zero-order chi connectivity index (χ0) is 20.7. The Morgan fingerprint density at radius 1 is 0.929 bits per heavy atom. The van der Waals surface area contributed by atoms with Gasteiger partial charge in [-0.1, -0.05) is 24.6 Å². The molecule has 2 aromatic carbocycles. The normalized spacial score (nSPS) is 10.3. The molecule has 1 amide bonds. The molecule has 1 N–H and O–H groups in total. The second-order valence-corrected chi connectivity index (χ2v) is 6.57. The van der Waals surface area contributed by atoms with Crippen molar-refractivity contribution in [3.63, 3.8) is 0 Å². The van der Waals surface area contributed by atoms with Crippen molar-refractivity contribution in [2.24, 2.45) is 0 Å². The number of esters is 1. The minimum atomic E-state index is -0.652. The SMILES string of the molecule is CCC(=O)c1ccc(OCC(=O)OCC(=O)Nc2c(C)cc(C)cc2C)cc1. The van der Waals surface area contributed by atoms with E-state index in [4.69, 9.17) is 9.47 Å². The smallest absolute Gasteiger partial charge is 0.344 e. The fraction of sp³-hybridized carbons (Fsp3) is 0.318. The predicted octanol–water partition coefficient (Wildman–Crippen LogP) is 3.77. The topological polar surface area (TPSA) is 81.7 Å². The maximum Gasteiger partial charge on any atom is 0.344 e. The molecule has 6 nitrogen and oxygen atoms in total. The van der Waals surface area contributed by atoms with Gasteiger partial charge in [0.05, 0.1) is 0 Å². The molecule has 0 aliphatic rings. The van der Waals surface area contributed by atoms with Gasteiger partial charge in [-0.25, -0.2) is 4.79 Å². The van der Waals surface area contributed by atoms with E-state index in [1.54, 1.807) is 31.2 Å². The molecular formula is C22H25NO5. The zero-order valence-electron chi connectivity index (χ0n) is 16.6. The van der Waals surface area contributed by atoms with Crippen molar-refractivity contribution >= 4 is 23.3 Å². The van der Waals surface area contributed by atoms with Gasteiger partial charge < -0.3 is 14.8 Å². The zero-order valence-corrected chi connectivity index (χ0v) is 16.6. The summed E-state index contributed by atoms with van der Waals surface area (Å²) in [5.41, 5.74) is 4.33. The molecule has 0 spiro atoms. The van der Waals surface area contributed by atoms with Crippen molar-refractivity contribution in [2.45, 2.75) is 34.1 Å². The Morgan fingerprint density at radius 3 is 2.11 bits per heavy atom. The fourth-order valence-electron chi connectivity index (χ4n) is 2.82. The molecule has 0 aliphatic heterocycles. The Labute approximate surface area is 164 Å². The molecule has 28 heavy (non-hydrogen) atoms. The molecule has 0 radical (unpaired) electrons. The molecule has 0 heterocycles. The number of Topliss-reactive ketones (excluding diaryl/α,β-unsaturated/α-hetero) is 1. The Balaban J connectivity index is 1.79. The van der Waals surface area contributed by atoms with Crippen LogP contribution in [0.4, 0.5) is 5.69 Å². The number of nitrogens with one attached hydrogen (secondary N) is 1. The van der Waals surface area contributed by atoms with Crippen LogP contribution in [0.3, 0.4) is 0 Å². The fourth-order valence-corrected chi connectivity index (χ4v) is 2.82. The number of ether oxygens (including phenoxy) is 2. The van der Waals surface area contributed by atoms with Crippen LogP contribution >= 0.6 is 0 Å². The number of ketones is 1. The van der Waals surface area contributed by atoms with Gasteiger partial charge >= 0.3 is 5.97 Å². The van der Waals surface area contributed by atoms with Crippen LogP contribution < -0.4 is 10.1 Å².